The third kappa shape index (κ3) is 6.68. The molecule has 1 amide bonds. The van der Waals surface area contributed by atoms with Gasteiger partial charge in [-0.1, -0.05) is 0 Å². The molecule has 2 aromatic heterocycles. The fourth-order valence-electron chi connectivity index (χ4n) is 9.56. The third-order valence-corrected chi connectivity index (χ3v) is 12.4. The summed E-state index contributed by atoms with van der Waals surface area (Å²) in [6.07, 6.45) is 2.11. The number of alkyl halides is 1. The van der Waals surface area contributed by atoms with Gasteiger partial charge in [0.2, 0.25) is 0 Å². The van der Waals surface area contributed by atoms with Crippen molar-refractivity contribution in [3.63, 3.8) is 0 Å². The van der Waals surface area contributed by atoms with Crippen molar-refractivity contribution in [2.24, 2.45) is 0 Å². The zero-order chi connectivity index (χ0) is 39.8. The van der Waals surface area contributed by atoms with E-state index >= 15 is 8.78 Å². The second-order valence-corrected chi connectivity index (χ2v) is 17.6. The number of aromatic nitrogens is 3. The molecule has 0 N–H and O–H groups in total. The minimum absolute atomic E-state index is 0.0674. The van der Waals surface area contributed by atoms with Crippen molar-refractivity contribution in [3.05, 3.63) is 41.5 Å². The average molecular weight is 976 g/mol. The third-order valence-electron chi connectivity index (χ3n) is 11.8. The Morgan fingerprint density at radius 2 is 1.93 bits per heavy atom. The summed E-state index contributed by atoms with van der Waals surface area (Å²) in [5.74, 6) is 2.38. The number of methoxy groups -OCH3 is 1. The van der Waals surface area contributed by atoms with Crippen molar-refractivity contribution in [2.45, 2.75) is 88.3 Å². The summed E-state index contributed by atoms with van der Waals surface area (Å²) < 4.78 is 80.7. The van der Waals surface area contributed by atoms with Gasteiger partial charge in [0.1, 0.15) is 11.8 Å². The summed E-state index contributed by atoms with van der Waals surface area (Å²) in [4.78, 5) is 34.1. The molecule has 0 radical (unpaired) electrons. The SMILES string of the molecule is COCOc1cc(-c2nc3c4c(nc(OC[C@]56CCCN5C[C@@H](F)C6)nc4c2F)N2C[C@@H]4CC[C@H]([C@H]2CO3)N4C(=O)OC(C)(C)C)c2c(C#[C][Tl])c(F)ccc2c1. The van der Waals surface area contributed by atoms with E-state index in [1.165, 1.54) is 13.2 Å². The Morgan fingerprint density at radius 3 is 2.72 bits per heavy atom. The van der Waals surface area contributed by atoms with Gasteiger partial charge in [0.25, 0.3) is 0 Å². The summed E-state index contributed by atoms with van der Waals surface area (Å²) in [6.45, 7) is 7.17. The van der Waals surface area contributed by atoms with E-state index < -0.39 is 41.1 Å². The second-order valence-electron chi connectivity index (χ2n) is 16.5. The van der Waals surface area contributed by atoms with Crippen molar-refractivity contribution < 1.29 is 41.7 Å². The van der Waals surface area contributed by atoms with Crippen LogP contribution in [0.2, 0.25) is 0 Å². The van der Waals surface area contributed by atoms with Crippen LogP contribution in [0.15, 0.2) is 24.3 Å². The summed E-state index contributed by atoms with van der Waals surface area (Å²) in [7, 11) is 1.49. The summed E-state index contributed by atoms with van der Waals surface area (Å²) >= 11 is 0.263. The van der Waals surface area contributed by atoms with Crippen LogP contribution in [0.4, 0.5) is 23.8 Å². The average Bonchev–Trinajstić information content (AvgIpc) is 3.78. The molecule has 4 fully saturated rings. The summed E-state index contributed by atoms with van der Waals surface area (Å²) in [5.41, 5.74) is -1.11. The molecule has 57 heavy (non-hydrogen) atoms. The molecule has 16 heteroatoms. The van der Waals surface area contributed by atoms with Crippen molar-refractivity contribution in [3.8, 4) is 38.3 Å². The number of benzene rings is 2. The summed E-state index contributed by atoms with van der Waals surface area (Å²) in [5, 5.41) is 1.17. The molecule has 5 aliphatic heterocycles. The van der Waals surface area contributed by atoms with Crippen LogP contribution in [0, 0.1) is 21.0 Å². The van der Waals surface area contributed by atoms with Gasteiger partial charge >= 0.3 is 232 Å². The van der Waals surface area contributed by atoms with Crippen LogP contribution >= 0.6 is 0 Å². The van der Waals surface area contributed by atoms with Crippen LogP contribution < -0.4 is 19.1 Å². The molecule has 296 valence electrons. The number of halogens is 3. The van der Waals surface area contributed by atoms with Crippen molar-refractivity contribution in [2.75, 3.05) is 51.7 Å². The van der Waals surface area contributed by atoms with Crippen LogP contribution in [-0.2, 0) is 9.47 Å². The number of fused-ring (bicyclic) bond motifs is 7. The molecule has 0 spiro atoms. The van der Waals surface area contributed by atoms with Crippen LogP contribution in [0.25, 0.3) is 32.9 Å². The van der Waals surface area contributed by atoms with Crippen LogP contribution in [0.5, 0.6) is 17.6 Å². The van der Waals surface area contributed by atoms with Crippen LogP contribution in [0.3, 0.4) is 0 Å². The Balaban J connectivity index is 1.22. The first kappa shape index (κ1) is 38.4. The fourth-order valence-corrected chi connectivity index (χ4v) is 10.1. The quantitative estimate of drug-likeness (QED) is 0.126. The molecule has 4 aromatic rings. The van der Waals surface area contributed by atoms with Gasteiger partial charge in [-0.05, 0) is 53.0 Å². The second kappa shape index (κ2) is 14.6. The van der Waals surface area contributed by atoms with Crippen LogP contribution in [-0.4, -0.2) is 139 Å². The first-order chi connectivity index (χ1) is 27.4. The van der Waals surface area contributed by atoms with E-state index in [0.717, 1.165) is 25.8 Å². The molecule has 0 aliphatic carbocycles. The van der Waals surface area contributed by atoms with E-state index in [4.69, 9.17) is 38.6 Å². The number of ether oxygens (including phenoxy) is 5. The van der Waals surface area contributed by atoms with Gasteiger partial charge in [0.05, 0.1) is 11.6 Å². The maximum absolute atomic E-state index is 17.6. The van der Waals surface area contributed by atoms with E-state index in [0.29, 0.717) is 48.3 Å². The molecule has 12 nitrogen and oxygen atoms in total. The predicted molar refractivity (Wildman–Crippen MR) is 205 cm³/mol. The molecular formula is C41H42F3N6O6Tl. The fraction of sp³-hybridized carbons (Fsp3) is 0.512. The van der Waals surface area contributed by atoms with Gasteiger partial charge in [-0.2, -0.15) is 0 Å². The number of rotatable bonds is 7. The maximum atomic E-state index is 17.6. The van der Waals surface area contributed by atoms with E-state index in [9.17, 15) is 9.18 Å². The van der Waals surface area contributed by atoms with Gasteiger partial charge in [-0.3, -0.25) is 9.80 Å². The number of carbonyl (C=O) groups is 1. The van der Waals surface area contributed by atoms with Crippen LogP contribution in [0.1, 0.15) is 58.4 Å². The number of hydrogen-bond donors (Lipinski definition) is 0. The molecule has 0 unspecified atom stereocenters. The Morgan fingerprint density at radius 1 is 1.09 bits per heavy atom. The number of carbonyl (C=O) groups excluding carboxylic acids is 1. The monoisotopic (exact) mass is 976 g/mol. The zero-order valence-corrected chi connectivity index (χ0v) is 36.7. The van der Waals surface area contributed by atoms with Crippen molar-refractivity contribution >= 4 is 59.4 Å². The number of piperazine rings is 1. The Bertz CT molecular complexity index is 2350. The van der Waals surface area contributed by atoms with Gasteiger partial charge in [0, 0.05) is 13.0 Å². The first-order valence-electron chi connectivity index (χ1n) is 19.3. The van der Waals surface area contributed by atoms with Gasteiger partial charge in [0.15, 0.2) is 0 Å². The van der Waals surface area contributed by atoms with Crippen molar-refractivity contribution in [1.29, 1.82) is 0 Å². The molecule has 5 aliphatic rings. The molecule has 5 atom stereocenters. The number of amides is 1. The Kier molecular flexibility index (Phi) is 9.83. The van der Waals surface area contributed by atoms with Gasteiger partial charge < -0.3 is 4.74 Å². The Labute approximate surface area is 344 Å². The number of hydrogen-bond acceptors (Lipinski definition) is 11. The van der Waals surface area contributed by atoms with E-state index in [1.54, 1.807) is 18.2 Å². The molecule has 9 rings (SSSR count). The van der Waals surface area contributed by atoms with Gasteiger partial charge in [-0.25, -0.2) is 9.18 Å². The van der Waals surface area contributed by atoms with E-state index in [2.05, 4.69) is 19.2 Å². The molecule has 2 bridgehead atoms. The van der Waals surface area contributed by atoms with E-state index in [-0.39, 0.29) is 97.5 Å². The molecular weight excluding hydrogens is 934 g/mol. The number of nitrogens with zero attached hydrogens (tertiary/aromatic N) is 6. The number of pyridine rings is 1. The molecule has 2 aromatic carbocycles. The topological polar surface area (TPSA) is 112 Å². The van der Waals surface area contributed by atoms with Crippen molar-refractivity contribution in [1.82, 2.24) is 24.8 Å². The molecule has 7 heterocycles. The predicted octanol–water partition coefficient (Wildman–Crippen LogP) is 5.89. The standard InChI is InChI=1S/C41H42F3N6O6.Tl/c1-6-26-28(43)10-8-22-14-25(55-21-52-5)15-27(31(22)26)34-33(44)35-32-36(47-38(46-35)54-20-41-12-7-13-48(41)17-23(42)16-41)49-18-24-9-11-29(30(49)19-53-37(32)45-34)50(24)39(51)56-40(2,3)4;/h8,10,14-15,23-24,29-30H,7,9,11-13,16-21H2,2-5H3;/t23-,24-,29+,30+,41+;/m0./s1. The van der Waals surface area contributed by atoms with E-state index in [1.807, 2.05) is 25.7 Å². The zero-order valence-electron chi connectivity index (χ0n) is 32.2. The van der Waals surface area contributed by atoms with Gasteiger partial charge in [-0.15, -0.1) is 0 Å². The molecule has 0 saturated carbocycles. The molecule has 4 saturated heterocycles. The number of anilines is 1. The first-order valence-corrected chi connectivity index (χ1v) is 21.6. The Hall–Kier alpha value is -4.15. The minimum atomic E-state index is -0.965. The summed E-state index contributed by atoms with van der Waals surface area (Å²) in [6, 6.07) is 5.26. The normalized spacial score (nSPS) is 25.1.